The van der Waals surface area contributed by atoms with E-state index in [1.54, 1.807) is 0 Å². The SMILES string of the molecule is Cc1ccc(N2CCc3c([nH]c4ccc(Cl)cc34)C2c2ccc(OCCn3cc(C)sc3=N)cc2)cc1. The van der Waals surface area contributed by atoms with Crippen LogP contribution in [0.3, 0.4) is 0 Å². The van der Waals surface area contributed by atoms with Gasteiger partial charge < -0.3 is 19.2 Å². The number of thiazole rings is 1. The number of fused-ring (bicyclic) bond motifs is 3. The lowest BCUT2D eigenvalue weighted by Crippen LogP contribution is -2.36. The number of anilines is 1. The second-order valence-corrected chi connectivity index (χ2v) is 11.3. The van der Waals surface area contributed by atoms with Crippen LogP contribution in [0.4, 0.5) is 5.69 Å². The summed E-state index contributed by atoms with van der Waals surface area (Å²) in [4.78, 5) is 7.91. The standard InChI is InChI=1S/C30H29ClN4OS/c1-19-3-8-23(9-4-19)35-14-13-25-26-17-22(31)7-12-27(26)33-28(25)29(35)21-5-10-24(11-6-21)36-16-15-34-18-20(2)37-30(34)32/h3-12,17-18,29,32-33H,13-16H2,1-2H3. The number of halogens is 1. The largest absolute Gasteiger partial charge is 0.492 e. The molecule has 0 radical (unpaired) electrons. The van der Waals surface area contributed by atoms with Crippen molar-refractivity contribution in [3.63, 3.8) is 0 Å². The highest BCUT2D eigenvalue weighted by atomic mass is 35.5. The van der Waals surface area contributed by atoms with Crippen LogP contribution >= 0.6 is 22.9 Å². The number of nitrogens with one attached hydrogen (secondary N) is 2. The molecule has 0 saturated carbocycles. The van der Waals surface area contributed by atoms with Crippen molar-refractivity contribution < 1.29 is 4.74 Å². The van der Waals surface area contributed by atoms with Gasteiger partial charge in [0, 0.05) is 44.9 Å². The topological polar surface area (TPSA) is 57.0 Å². The summed E-state index contributed by atoms with van der Waals surface area (Å²) in [6.45, 7) is 6.26. The zero-order chi connectivity index (χ0) is 25.5. The molecule has 3 heterocycles. The van der Waals surface area contributed by atoms with Crippen molar-refractivity contribution in [3.05, 3.63) is 110 Å². The van der Waals surface area contributed by atoms with E-state index in [1.807, 2.05) is 23.8 Å². The van der Waals surface area contributed by atoms with Crippen molar-refractivity contribution in [1.29, 1.82) is 5.41 Å². The number of aromatic amines is 1. The molecule has 1 aliphatic heterocycles. The Morgan fingerprint density at radius 3 is 2.57 bits per heavy atom. The molecule has 0 bridgehead atoms. The Morgan fingerprint density at radius 2 is 1.84 bits per heavy atom. The summed E-state index contributed by atoms with van der Waals surface area (Å²) in [5.74, 6) is 0.837. The third-order valence-corrected chi connectivity index (χ3v) is 8.20. The Kier molecular flexibility index (Phi) is 6.31. The fraction of sp³-hybridized carbons (Fsp3) is 0.233. The number of H-pyrrole nitrogens is 1. The molecule has 2 N–H and O–H groups in total. The van der Waals surface area contributed by atoms with Crippen LogP contribution in [0.2, 0.25) is 5.02 Å². The number of rotatable bonds is 6. The molecule has 1 unspecified atom stereocenters. The molecule has 3 aromatic carbocycles. The predicted octanol–water partition coefficient (Wildman–Crippen LogP) is 7.01. The van der Waals surface area contributed by atoms with Gasteiger partial charge in [0.25, 0.3) is 0 Å². The maximum atomic E-state index is 8.04. The molecule has 0 spiro atoms. The van der Waals surface area contributed by atoms with Gasteiger partial charge in [0.15, 0.2) is 4.80 Å². The third-order valence-electron chi connectivity index (χ3n) is 7.11. The summed E-state index contributed by atoms with van der Waals surface area (Å²) >= 11 is 7.86. The van der Waals surface area contributed by atoms with Crippen LogP contribution in [0.1, 0.15) is 33.3 Å². The van der Waals surface area contributed by atoms with E-state index in [-0.39, 0.29) is 6.04 Å². The highest BCUT2D eigenvalue weighted by molar-refractivity contribution is 7.09. The van der Waals surface area contributed by atoms with Crippen molar-refractivity contribution in [2.75, 3.05) is 18.1 Å². The van der Waals surface area contributed by atoms with Crippen molar-refractivity contribution >= 4 is 39.5 Å². The number of ether oxygens (including phenoxy) is 1. The first-order chi connectivity index (χ1) is 18.0. The molecule has 1 aliphatic rings. The van der Waals surface area contributed by atoms with E-state index in [1.165, 1.54) is 44.8 Å². The summed E-state index contributed by atoms with van der Waals surface area (Å²) in [6.07, 6.45) is 2.96. The van der Waals surface area contributed by atoms with E-state index in [9.17, 15) is 0 Å². The van der Waals surface area contributed by atoms with E-state index in [0.29, 0.717) is 18.0 Å². The number of aryl methyl sites for hydroxylation is 2. The van der Waals surface area contributed by atoms with Gasteiger partial charge in [-0.2, -0.15) is 0 Å². The van der Waals surface area contributed by atoms with Crippen molar-refractivity contribution in [2.24, 2.45) is 0 Å². The van der Waals surface area contributed by atoms with Gasteiger partial charge in [0.2, 0.25) is 0 Å². The monoisotopic (exact) mass is 528 g/mol. The molecule has 1 atom stereocenters. The Balaban J connectivity index is 1.31. The molecule has 2 aromatic heterocycles. The van der Waals surface area contributed by atoms with Gasteiger partial charge in [-0.1, -0.05) is 41.4 Å². The van der Waals surface area contributed by atoms with Gasteiger partial charge in [-0.3, -0.25) is 5.41 Å². The second-order valence-electron chi connectivity index (χ2n) is 9.65. The average Bonchev–Trinajstić information content (AvgIpc) is 3.42. The molecule has 6 rings (SSSR count). The van der Waals surface area contributed by atoms with Crippen LogP contribution in [0.15, 0.2) is 72.9 Å². The lowest BCUT2D eigenvalue weighted by molar-refractivity contribution is 0.296. The molecule has 37 heavy (non-hydrogen) atoms. The second kappa shape index (κ2) is 9.77. The van der Waals surface area contributed by atoms with Gasteiger partial charge in [-0.05, 0) is 73.9 Å². The molecule has 0 aliphatic carbocycles. The highest BCUT2D eigenvalue weighted by Crippen LogP contribution is 2.41. The fourth-order valence-corrected chi connectivity index (χ4v) is 6.23. The van der Waals surface area contributed by atoms with E-state index < -0.39 is 0 Å². The normalized spacial score (nSPS) is 15.2. The maximum absolute atomic E-state index is 8.04. The minimum Gasteiger partial charge on any atom is -0.492 e. The van der Waals surface area contributed by atoms with Crippen molar-refractivity contribution in [1.82, 2.24) is 9.55 Å². The quantitative estimate of drug-likeness (QED) is 0.249. The number of hydrogen-bond acceptors (Lipinski definition) is 4. The average molecular weight is 529 g/mol. The number of hydrogen-bond donors (Lipinski definition) is 2. The number of benzene rings is 3. The Labute approximate surface area is 225 Å². The van der Waals surface area contributed by atoms with Crippen LogP contribution < -0.4 is 14.4 Å². The van der Waals surface area contributed by atoms with Crippen molar-refractivity contribution in [3.8, 4) is 5.75 Å². The summed E-state index contributed by atoms with van der Waals surface area (Å²) in [5, 5.41) is 10.0. The molecular formula is C30H29ClN4OS. The Bertz CT molecular complexity index is 1610. The molecule has 0 amide bonds. The third kappa shape index (κ3) is 4.67. The molecule has 5 nitrogen and oxygen atoms in total. The lowest BCUT2D eigenvalue weighted by Gasteiger charge is -2.38. The fourth-order valence-electron chi connectivity index (χ4n) is 5.31. The molecule has 5 aromatic rings. The molecular weight excluding hydrogens is 500 g/mol. The zero-order valence-electron chi connectivity index (χ0n) is 20.9. The van der Waals surface area contributed by atoms with Gasteiger partial charge in [-0.25, -0.2) is 0 Å². The van der Waals surface area contributed by atoms with E-state index in [2.05, 4.69) is 77.5 Å². The minimum atomic E-state index is 0.0573. The first-order valence-electron chi connectivity index (χ1n) is 12.5. The summed E-state index contributed by atoms with van der Waals surface area (Å²) in [6, 6.07) is 23.4. The zero-order valence-corrected chi connectivity index (χ0v) is 22.5. The van der Waals surface area contributed by atoms with E-state index in [4.69, 9.17) is 21.7 Å². The number of aromatic nitrogens is 2. The van der Waals surface area contributed by atoms with Gasteiger partial charge in [-0.15, -0.1) is 11.3 Å². The van der Waals surface area contributed by atoms with Crippen LogP contribution in [0, 0.1) is 19.3 Å². The van der Waals surface area contributed by atoms with Gasteiger partial charge in [0.1, 0.15) is 12.4 Å². The van der Waals surface area contributed by atoms with Crippen LogP contribution in [0.5, 0.6) is 5.75 Å². The maximum Gasteiger partial charge on any atom is 0.182 e. The summed E-state index contributed by atoms with van der Waals surface area (Å²) in [7, 11) is 0. The molecule has 0 fully saturated rings. The van der Waals surface area contributed by atoms with Crippen molar-refractivity contribution in [2.45, 2.75) is 32.9 Å². The van der Waals surface area contributed by atoms with Gasteiger partial charge in [0.05, 0.1) is 12.6 Å². The van der Waals surface area contributed by atoms with Gasteiger partial charge >= 0.3 is 0 Å². The summed E-state index contributed by atoms with van der Waals surface area (Å²) in [5.41, 5.74) is 7.38. The Hall–Kier alpha value is -3.48. The first kappa shape index (κ1) is 23.9. The summed E-state index contributed by atoms with van der Waals surface area (Å²) < 4.78 is 7.97. The lowest BCUT2D eigenvalue weighted by atomic mass is 9.91. The van der Waals surface area contributed by atoms with Crippen LogP contribution in [-0.4, -0.2) is 22.7 Å². The molecule has 188 valence electrons. The van der Waals surface area contributed by atoms with Crippen LogP contribution in [-0.2, 0) is 13.0 Å². The molecule has 7 heteroatoms. The Morgan fingerprint density at radius 1 is 1.05 bits per heavy atom. The smallest absolute Gasteiger partial charge is 0.182 e. The van der Waals surface area contributed by atoms with E-state index in [0.717, 1.165) is 34.1 Å². The predicted molar refractivity (Wildman–Crippen MR) is 152 cm³/mol. The highest BCUT2D eigenvalue weighted by Gasteiger charge is 2.32. The molecule has 0 saturated heterocycles. The number of nitrogens with zero attached hydrogens (tertiary/aromatic N) is 2. The minimum absolute atomic E-state index is 0.0573. The first-order valence-corrected chi connectivity index (χ1v) is 13.7. The van der Waals surface area contributed by atoms with E-state index >= 15 is 0 Å². The van der Waals surface area contributed by atoms with Crippen LogP contribution in [0.25, 0.3) is 10.9 Å².